The van der Waals surface area contributed by atoms with Crippen LogP contribution in [0.25, 0.3) is 11.4 Å². The molecule has 0 radical (unpaired) electrons. The first-order chi connectivity index (χ1) is 7.15. The molecule has 6 heteroatoms. The third-order valence-corrected chi connectivity index (χ3v) is 1.70. The van der Waals surface area contributed by atoms with E-state index in [4.69, 9.17) is 0 Å². The molecule has 2 aromatic rings. The Bertz CT molecular complexity index is 464. The first kappa shape index (κ1) is 9.57. The molecule has 1 aromatic heterocycles. The van der Waals surface area contributed by atoms with E-state index in [0.717, 1.165) is 18.2 Å². The molecule has 0 fully saturated rings. The van der Waals surface area contributed by atoms with Gasteiger partial charge in [-0.1, -0.05) is 0 Å². The van der Waals surface area contributed by atoms with Crippen LogP contribution in [0.2, 0.25) is 0 Å². The summed E-state index contributed by atoms with van der Waals surface area (Å²) in [5, 5.41) is 14.6. The standard InChI is InChI=1S/C9H6F2N4/c1-5-12-14-9(15-13-5)6-2-7(10)4-8(11)3-6/h2-4H,1H3. The van der Waals surface area contributed by atoms with Crippen molar-refractivity contribution in [2.75, 3.05) is 0 Å². The number of rotatable bonds is 1. The van der Waals surface area contributed by atoms with Crippen LogP contribution in [-0.4, -0.2) is 20.4 Å². The number of hydrogen-bond donors (Lipinski definition) is 0. The van der Waals surface area contributed by atoms with Crippen LogP contribution >= 0.6 is 0 Å². The quantitative estimate of drug-likeness (QED) is 0.712. The van der Waals surface area contributed by atoms with Crippen molar-refractivity contribution in [2.45, 2.75) is 6.92 Å². The van der Waals surface area contributed by atoms with Crippen molar-refractivity contribution in [1.82, 2.24) is 20.4 Å². The van der Waals surface area contributed by atoms with Crippen LogP contribution in [0.5, 0.6) is 0 Å². The molecule has 0 N–H and O–H groups in total. The van der Waals surface area contributed by atoms with E-state index in [-0.39, 0.29) is 11.4 Å². The van der Waals surface area contributed by atoms with E-state index in [9.17, 15) is 8.78 Å². The van der Waals surface area contributed by atoms with Gasteiger partial charge in [-0.3, -0.25) is 0 Å². The van der Waals surface area contributed by atoms with Crippen molar-refractivity contribution in [2.24, 2.45) is 0 Å². The maximum absolute atomic E-state index is 12.9. The Kier molecular flexibility index (Phi) is 2.32. The molecule has 0 aliphatic heterocycles. The van der Waals surface area contributed by atoms with Gasteiger partial charge in [-0.25, -0.2) is 8.78 Å². The number of nitrogens with zero attached hydrogens (tertiary/aromatic N) is 4. The normalized spacial score (nSPS) is 10.3. The minimum Gasteiger partial charge on any atom is -0.207 e. The lowest BCUT2D eigenvalue weighted by atomic mass is 10.2. The summed E-state index contributed by atoms with van der Waals surface area (Å²) in [4.78, 5) is 0. The van der Waals surface area contributed by atoms with Gasteiger partial charge in [0, 0.05) is 11.6 Å². The zero-order valence-electron chi connectivity index (χ0n) is 7.78. The van der Waals surface area contributed by atoms with Gasteiger partial charge in [0.1, 0.15) is 11.6 Å². The van der Waals surface area contributed by atoms with E-state index in [2.05, 4.69) is 20.4 Å². The summed E-state index contributed by atoms with van der Waals surface area (Å²) in [6.45, 7) is 1.62. The zero-order chi connectivity index (χ0) is 10.8. The van der Waals surface area contributed by atoms with Gasteiger partial charge in [-0.2, -0.15) is 0 Å². The average molecular weight is 208 g/mol. The second-order valence-electron chi connectivity index (χ2n) is 2.93. The molecule has 0 amide bonds. The highest BCUT2D eigenvalue weighted by Gasteiger charge is 2.06. The average Bonchev–Trinajstić information content (AvgIpc) is 2.17. The van der Waals surface area contributed by atoms with Gasteiger partial charge in [0.25, 0.3) is 0 Å². The fraction of sp³-hybridized carbons (Fsp3) is 0.111. The lowest BCUT2D eigenvalue weighted by molar-refractivity contribution is 0.583. The number of hydrogen-bond acceptors (Lipinski definition) is 4. The largest absolute Gasteiger partial charge is 0.207 e. The van der Waals surface area contributed by atoms with Gasteiger partial charge in [-0.15, -0.1) is 20.4 Å². The van der Waals surface area contributed by atoms with Gasteiger partial charge < -0.3 is 0 Å². The fourth-order valence-electron chi connectivity index (χ4n) is 1.08. The highest BCUT2D eigenvalue weighted by molar-refractivity contribution is 5.53. The van der Waals surface area contributed by atoms with Gasteiger partial charge >= 0.3 is 0 Å². The Balaban J connectivity index is 2.49. The van der Waals surface area contributed by atoms with Crippen LogP contribution in [0.1, 0.15) is 5.82 Å². The van der Waals surface area contributed by atoms with Crippen LogP contribution < -0.4 is 0 Å². The Morgan fingerprint density at radius 3 is 1.93 bits per heavy atom. The molecule has 0 aliphatic carbocycles. The maximum atomic E-state index is 12.9. The van der Waals surface area contributed by atoms with E-state index in [1.165, 1.54) is 0 Å². The molecule has 0 saturated carbocycles. The molecule has 2 rings (SSSR count). The molecule has 0 unspecified atom stereocenters. The highest BCUT2D eigenvalue weighted by Crippen LogP contribution is 2.16. The predicted molar refractivity (Wildman–Crippen MR) is 47.7 cm³/mol. The number of halogens is 2. The highest BCUT2D eigenvalue weighted by atomic mass is 19.1. The third kappa shape index (κ3) is 2.09. The lowest BCUT2D eigenvalue weighted by Crippen LogP contribution is -1.99. The van der Waals surface area contributed by atoms with Crippen molar-refractivity contribution in [3.8, 4) is 11.4 Å². The van der Waals surface area contributed by atoms with Crippen molar-refractivity contribution in [3.63, 3.8) is 0 Å². The first-order valence-electron chi connectivity index (χ1n) is 4.15. The van der Waals surface area contributed by atoms with E-state index in [0.29, 0.717) is 5.82 Å². The number of aryl methyl sites for hydroxylation is 1. The molecule has 4 nitrogen and oxygen atoms in total. The van der Waals surface area contributed by atoms with Crippen LogP contribution in [-0.2, 0) is 0 Å². The summed E-state index contributed by atoms with van der Waals surface area (Å²) < 4.78 is 25.7. The molecule has 15 heavy (non-hydrogen) atoms. The van der Waals surface area contributed by atoms with Gasteiger partial charge in [0.15, 0.2) is 5.82 Å². The molecule has 0 spiro atoms. The topological polar surface area (TPSA) is 51.6 Å². The van der Waals surface area contributed by atoms with Crippen LogP contribution in [0, 0.1) is 18.6 Å². The monoisotopic (exact) mass is 208 g/mol. The zero-order valence-corrected chi connectivity index (χ0v) is 7.78. The molecule has 0 saturated heterocycles. The lowest BCUT2D eigenvalue weighted by Gasteiger charge is -1.98. The molecule has 0 atom stereocenters. The van der Waals surface area contributed by atoms with Crippen molar-refractivity contribution >= 4 is 0 Å². The van der Waals surface area contributed by atoms with E-state index in [1.54, 1.807) is 6.92 Å². The smallest absolute Gasteiger partial charge is 0.203 e. The summed E-state index contributed by atoms with van der Waals surface area (Å²) in [5.41, 5.74) is 0.215. The Hall–Kier alpha value is -1.98. The fourth-order valence-corrected chi connectivity index (χ4v) is 1.08. The molecular formula is C9H6F2N4. The molecule has 1 heterocycles. The van der Waals surface area contributed by atoms with Crippen molar-refractivity contribution in [3.05, 3.63) is 35.7 Å². The molecule has 0 bridgehead atoms. The van der Waals surface area contributed by atoms with E-state index < -0.39 is 11.6 Å². The van der Waals surface area contributed by atoms with Crippen LogP contribution in [0.15, 0.2) is 18.2 Å². The Labute approximate surface area is 84.0 Å². The predicted octanol–water partition coefficient (Wildman–Crippen LogP) is 1.52. The molecule has 0 aliphatic rings. The minimum absolute atomic E-state index is 0.0963. The second kappa shape index (κ2) is 3.64. The Morgan fingerprint density at radius 2 is 1.40 bits per heavy atom. The summed E-state index contributed by atoms with van der Waals surface area (Å²) in [5.74, 6) is -0.877. The first-order valence-corrected chi connectivity index (χ1v) is 4.15. The maximum Gasteiger partial charge on any atom is 0.203 e. The van der Waals surface area contributed by atoms with Crippen molar-refractivity contribution in [1.29, 1.82) is 0 Å². The SMILES string of the molecule is Cc1nnc(-c2cc(F)cc(F)c2)nn1. The second-order valence-corrected chi connectivity index (χ2v) is 2.93. The van der Waals surface area contributed by atoms with Crippen LogP contribution in [0.3, 0.4) is 0 Å². The minimum atomic E-state index is -0.686. The number of aromatic nitrogens is 4. The molecule has 76 valence electrons. The number of benzene rings is 1. The summed E-state index contributed by atoms with van der Waals surface area (Å²) in [6.07, 6.45) is 0. The van der Waals surface area contributed by atoms with Gasteiger partial charge in [-0.05, 0) is 19.1 Å². The van der Waals surface area contributed by atoms with Gasteiger partial charge in [0.05, 0.1) is 0 Å². The van der Waals surface area contributed by atoms with E-state index in [1.807, 2.05) is 0 Å². The van der Waals surface area contributed by atoms with Crippen LogP contribution in [0.4, 0.5) is 8.78 Å². The molecular weight excluding hydrogens is 202 g/mol. The Morgan fingerprint density at radius 1 is 0.867 bits per heavy atom. The van der Waals surface area contributed by atoms with Crippen molar-refractivity contribution < 1.29 is 8.78 Å². The summed E-state index contributed by atoms with van der Waals surface area (Å²) in [7, 11) is 0. The molecule has 1 aromatic carbocycles. The summed E-state index contributed by atoms with van der Waals surface area (Å²) in [6, 6.07) is 3.02. The third-order valence-electron chi connectivity index (χ3n) is 1.70. The van der Waals surface area contributed by atoms with E-state index >= 15 is 0 Å². The van der Waals surface area contributed by atoms with Gasteiger partial charge in [0.2, 0.25) is 5.82 Å². The summed E-state index contributed by atoms with van der Waals surface area (Å²) >= 11 is 0.